The van der Waals surface area contributed by atoms with Gasteiger partial charge in [-0.05, 0) is 31.9 Å². The first-order valence-corrected chi connectivity index (χ1v) is 5.07. The monoisotopic (exact) mass is 229 g/mol. The number of benzene rings is 1. The van der Waals surface area contributed by atoms with Crippen LogP contribution in [-0.4, -0.2) is 12.6 Å². The van der Waals surface area contributed by atoms with Crippen LogP contribution in [0.4, 0.5) is 8.78 Å². The van der Waals surface area contributed by atoms with Crippen molar-refractivity contribution in [3.05, 3.63) is 29.3 Å². The van der Waals surface area contributed by atoms with Crippen LogP contribution in [-0.2, 0) is 6.42 Å². The van der Waals surface area contributed by atoms with E-state index in [0.29, 0.717) is 12.2 Å². The minimum Gasteiger partial charge on any atom is -0.496 e. The molecular weight excluding hydrogens is 212 g/mol. The van der Waals surface area contributed by atoms with E-state index >= 15 is 0 Å². The number of rotatable bonds is 4. The average Bonchev–Trinajstić information content (AvgIpc) is 2.15. The molecule has 0 saturated carbocycles. The molecule has 0 aliphatic heterocycles. The van der Waals surface area contributed by atoms with E-state index in [1.165, 1.54) is 19.2 Å². The molecule has 0 atom stereocenters. The summed E-state index contributed by atoms with van der Waals surface area (Å²) in [4.78, 5) is 0. The van der Waals surface area contributed by atoms with Gasteiger partial charge in [0, 0.05) is 11.1 Å². The summed E-state index contributed by atoms with van der Waals surface area (Å²) in [5, 5.41) is 0. The van der Waals surface area contributed by atoms with E-state index in [9.17, 15) is 8.78 Å². The van der Waals surface area contributed by atoms with Gasteiger partial charge in [-0.15, -0.1) is 0 Å². The molecular formula is C12H17F2NO. The first kappa shape index (κ1) is 12.9. The van der Waals surface area contributed by atoms with Crippen molar-refractivity contribution in [1.29, 1.82) is 0 Å². The van der Waals surface area contributed by atoms with Gasteiger partial charge in [-0.1, -0.05) is 12.1 Å². The van der Waals surface area contributed by atoms with Crippen molar-refractivity contribution >= 4 is 0 Å². The minimum absolute atomic E-state index is 0.0320. The van der Waals surface area contributed by atoms with E-state index in [1.807, 2.05) is 13.8 Å². The van der Waals surface area contributed by atoms with Crippen molar-refractivity contribution in [1.82, 2.24) is 0 Å². The smallest absolute Gasteiger partial charge is 0.263 e. The Bertz CT molecular complexity index is 359. The second-order valence-corrected chi connectivity index (χ2v) is 4.54. The lowest BCUT2D eigenvalue weighted by molar-refractivity contribution is 0.151. The second-order valence-electron chi connectivity index (χ2n) is 4.54. The summed E-state index contributed by atoms with van der Waals surface area (Å²) in [6, 6.07) is 4.43. The summed E-state index contributed by atoms with van der Waals surface area (Å²) in [7, 11) is 1.47. The Balaban J connectivity index is 3.02. The molecule has 0 fully saturated rings. The Labute approximate surface area is 94.4 Å². The molecule has 90 valence electrons. The highest BCUT2D eigenvalue weighted by Crippen LogP contribution is 2.28. The van der Waals surface area contributed by atoms with Gasteiger partial charge in [0.25, 0.3) is 6.43 Å². The molecule has 0 heterocycles. The van der Waals surface area contributed by atoms with Crippen molar-refractivity contribution in [2.24, 2.45) is 5.73 Å². The van der Waals surface area contributed by atoms with Gasteiger partial charge in [0.1, 0.15) is 5.75 Å². The maximum atomic E-state index is 12.5. The van der Waals surface area contributed by atoms with E-state index < -0.39 is 6.43 Å². The molecule has 0 bridgehead atoms. The van der Waals surface area contributed by atoms with E-state index in [4.69, 9.17) is 10.5 Å². The second kappa shape index (κ2) is 4.78. The number of halogens is 2. The molecule has 2 nitrogen and oxygen atoms in total. The predicted molar refractivity (Wildman–Crippen MR) is 59.9 cm³/mol. The normalized spacial score (nSPS) is 11.9. The lowest BCUT2D eigenvalue weighted by atomic mass is 9.95. The van der Waals surface area contributed by atoms with Crippen LogP contribution in [0, 0.1) is 0 Å². The SMILES string of the molecule is COc1cc(C(F)F)ccc1CC(C)(C)N. The van der Waals surface area contributed by atoms with Gasteiger partial charge in [-0.3, -0.25) is 0 Å². The summed E-state index contributed by atoms with van der Waals surface area (Å²) in [6.45, 7) is 3.76. The molecule has 0 amide bonds. The van der Waals surface area contributed by atoms with Gasteiger partial charge in [0.15, 0.2) is 0 Å². The molecule has 0 radical (unpaired) electrons. The van der Waals surface area contributed by atoms with Crippen molar-refractivity contribution in [2.45, 2.75) is 32.2 Å². The molecule has 0 saturated heterocycles. The van der Waals surface area contributed by atoms with Crippen LogP contribution in [0.15, 0.2) is 18.2 Å². The fourth-order valence-corrected chi connectivity index (χ4v) is 1.53. The Morgan fingerprint density at radius 1 is 1.38 bits per heavy atom. The van der Waals surface area contributed by atoms with Crippen molar-refractivity contribution in [3.63, 3.8) is 0 Å². The highest BCUT2D eigenvalue weighted by atomic mass is 19.3. The average molecular weight is 229 g/mol. The molecule has 1 aromatic rings. The number of nitrogens with two attached hydrogens (primary N) is 1. The maximum absolute atomic E-state index is 12.5. The molecule has 0 spiro atoms. The number of methoxy groups -OCH3 is 1. The van der Waals surface area contributed by atoms with Crippen molar-refractivity contribution in [2.75, 3.05) is 7.11 Å². The van der Waals surface area contributed by atoms with E-state index in [2.05, 4.69) is 0 Å². The number of hydrogen-bond acceptors (Lipinski definition) is 2. The molecule has 1 rings (SSSR count). The summed E-state index contributed by atoms with van der Waals surface area (Å²) >= 11 is 0. The van der Waals surface area contributed by atoms with Crippen LogP contribution in [0.1, 0.15) is 31.4 Å². The van der Waals surface area contributed by atoms with Gasteiger partial charge in [-0.25, -0.2) is 8.78 Å². The highest BCUT2D eigenvalue weighted by molar-refractivity contribution is 5.39. The van der Waals surface area contributed by atoms with Crippen LogP contribution >= 0.6 is 0 Å². The topological polar surface area (TPSA) is 35.2 Å². The molecule has 1 aromatic carbocycles. The zero-order chi connectivity index (χ0) is 12.3. The van der Waals surface area contributed by atoms with E-state index in [0.717, 1.165) is 5.56 Å². The zero-order valence-electron chi connectivity index (χ0n) is 9.76. The summed E-state index contributed by atoms with van der Waals surface area (Å²) in [6.07, 6.45) is -1.89. The van der Waals surface area contributed by atoms with Gasteiger partial charge in [0.2, 0.25) is 0 Å². The van der Waals surface area contributed by atoms with E-state index in [1.54, 1.807) is 6.07 Å². The van der Waals surface area contributed by atoms with Crippen LogP contribution in [0.25, 0.3) is 0 Å². The molecule has 0 aromatic heterocycles. The summed E-state index contributed by atoms with van der Waals surface area (Å²) in [5.41, 5.74) is 6.31. The van der Waals surface area contributed by atoms with Gasteiger partial charge < -0.3 is 10.5 Å². The number of ether oxygens (including phenoxy) is 1. The standard InChI is InChI=1S/C12H17F2NO/c1-12(2,15)7-9-5-4-8(11(13)14)6-10(9)16-3/h4-6,11H,7,15H2,1-3H3. The zero-order valence-corrected chi connectivity index (χ0v) is 9.76. The molecule has 0 aliphatic rings. The number of alkyl halides is 2. The summed E-state index contributed by atoms with van der Waals surface area (Å²) < 4.78 is 30.0. The first-order valence-electron chi connectivity index (χ1n) is 5.07. The van der Waals surface area contributed by atoms with E-state index in [-0.39, 0.29) is 11.1 Å². The van der Waals surface area contributed by atoms with Crippen LogP contribution < -0.4 is 10.5 Å². The molecule has 16 heavy (non-hydrogen) atoms. The molecule has 2 N–H and O–H groups in total. The third kappa shape index (κ3) is 3.45. The van der Waals surface area contributed by atoms with Gasteiger partial charge in [-0.2, -0.15) is 0 Å². The molecule has 0 unspecified atom stereocenters. The lowest BCUT2D eigenvalue weighted by Crippen LogP contribution is -2.34. The Kier molecular flexibility index (Phi) is 3.86. The number of hydrogen-bond donors (Lipinski definition) is 1. The van der Waals surface area contributed by atoms with Crippen molar-refractivity contribution in [3.8, 4) is 5.75 Å². The lowest BCUT2D eigenvalue weighted by Gasteiger charge is -2.20. The largest absolute Gasteiger partial charge is 0.496 e. The van der Waals surface area contributed by atoms with Crippen molar-refractivity contribution < 1.29 is 13.5 Å². The quantitative estimate of drug-likeness (QED) is 0.861. The molecule has 0 aliphatic carbocycles. The Morgan fingerprint density at radius 3 is 2.44 bits per heavy atom. The minimum atomic E-state index is -2.48. The molecule has 4 heteroatoms. The van der Waals surface area contributed by atoms with Crippen LogP contribution in [0.3, 0.4) is 0 Å². The summed E-state index contributed by atoms with van der Waals surface area (Å²) in [5.74, 6) is 0.469. The Hall–Kier alpha value is -1.16. The predicted octanol–water partition coefficient (Wildman–Crippen LogP) is 2.91. The fraction of sp³-hybridized carbons (Fsp3) is 0.500. The highest BCUT2D eigenvalue weighted by Gasteiger charge is 2.17. The first-order chi connectivity index (χ1) is 7.33. The van der Waals surface area contributed by atoms with Gasteiger partial charge >= 0.3 is 0 Å². The van der Waals surface area contributed by atoms with Crippen LogP contribution in [0.5, 0.6) is 5.75 Å². The third-order valence-electron chi connectivity index (χ3n) is 2.21. The fourth-order valence-electron chi connectivity index (χ4n) is 1.53. The van der Waals surface area contributed by atoms with Gasteiger partial charge in [0.05, 0.1) is 7.11 Å². The Morgan fingerprint density at radius 2 is 2.00 bits per heavy atom. The third-order valence-corrected chi connectivity index (χ3v) is 2.21. The maximum Gasteiger partial charge on any atom is 0.263 e. The van der Waals surface area contributed by atoms with Crippen LogP contribution in [0.2, 0.25) is 0 Å².